The second-order valence-corrected chi connectivity index (χ2v) is 7.88. The topological polar surface area (TPSA) is 94.4 Å². The Labute approximate surface area is 178 Å². The van der Waals surface area contributed by atoms with Gasteiger partial charge in [0.2, 0.25) is 5.91 Å². The average molecular weight is 423 g/mol. The Kier molecular flexibility index (Phi) is 5.54. The van der Waals surface area contributed by atoms with Gasteiger partial charge in [-0.25, -0.2) is 4.90 Å². The van der Waals surface area contributed by atoms with Crippen LogP contribution in [0.1, 0.15) is 12.5 Å². The molecule has 0 unspecified atom stereocenters. The molecule has 3 amide bonds. The highest BCUT2D eigenvalue weighted by Gasteiger charge is 2.55. The van der Waals surface area contributed by atoms with Gasteiger partial charge in [0, 0.05) is 10.6 Å². The Hall–Kier alpha value is -3.20. The summed E-state index contributed by atoms with van der Waals surface area (Å²) in [6.45, 7) is 1.86. The van der Waals surface area contributed by atoms with Gasteiger partial charge in [0.15, 0.2) is 12.1 Å². The number of thioether (sulfide) groups is 1. The lowest BCUT2D eigenvalue weighted by atomic mass is 10.1. The smallest absolute Gasteiger partial charge is 0.263 e. The molecule has 0 aromatic heterocycles. The van der Waals surface area contributed by atoms with Crippen molar-refractivity contribution in [2.75, 3.05) is 23.0 Å². The first-order valence-corrected chi connectivity index (χ1v) is 10.8. The number of anilines is 2. The van der Waals surface area contributed by atoms with Crippen molar-refractivity contribution in [2.45, 2.75) is 30.3 Å². The normalized spacial score (nSPS) is 20.1. The van der Waals surface area contributed by atoms with Crippen molar-refractivity contribution < 1.29 is 14.4 Å². The molecule has 0 spiro atoms. The molecule has 2 aromatic carbocycles. The summed E-state index contributed by atoms with van der Waals surface area (Å²) in [6, 6.07) is 12.9. The summed E-state index contributed by atoms with van der Waals surface area (Å²) in [6.07, 6.45) is 2.82. The van der Waals surface area contributed by atoms with Crippen molar-refractivity contribution >= 4 is 40.9 Å². The van der Waals surface area contributed by atoms with Crippen LogP contribution < -0.4 is 10.2 Å². The Bertz CT molecular complexity index is 1020. The van der Waals surface area contributed by atoms with Crippen molar-refractivity contribution in [3.05, 3.63) is 54.1 Å². The largest absolute Gasteiger partial charge is 0.324 e. The zero-order valence-corrected chi connectivity index (χ0v) is 17.4. The molecule has 8 nitrogen and oxygen atoms in total. The fourth-order valence-corrected chi connectivity index (χ4v) is 4.00. The lowest BCUT2D eigenvalue weighted by Crippen LogP contribution is -2.43. The zero-order valence-electron chi connectivity index (χ0n) is 16.6. The molecule has 2 heterocycles. The number of fused-ring (bicyclic) bond motifs is 1. The summed E-state index contributed by atoms with van der Waals surface area (Å²) in [5, 5.41) is 12.0. The monoisotopic (exact) mass is 423 g/mol. The van der Waals surface area contributed by atoms with Crippen molar-refractivity contribution in [1.29, 1.82) is 0 Å². The maximum atomic E-state index is 13.0. The maximum Gasteiger partial charge on any atom is 0.263 e. The van der Waals surface area contributed by atoms with Crippen LogP contribution in [0.5, 0.6) is 0 Å². The Morgan fingerprint density at radius 1 is 1.13 bits per heavy atom. The highest BCUT2D eigenvalue weighted by Crippen LogP contribution is 2.32. The van der Waals surface area contributed by atoms with E-state index in [1.165, 1.54) is 5.01 Å². The summed E-state index contributed by atoms with van der Waals surface area (Å²) in [5.41, 5.74) is 2.28. The minimum atomic E-state index is -0.920. The minimum absolute atomic E-state index is 0.171. The quantitative estimate of drug-likeness (QED) is 0.569. The standard InChI is InChI=1S/C21H21N5O3S/c1-3-13-7-9-15(10-8-13)26-20(28)18-19(21(26)29)25(24-23-18)12-17(27)22-14-5-4-6-16(11-14)30-2/h4-11,18-19H,3,12H2,1-2H3,(H,22,27)/t18-,19-/m1/s1. The van der Waals surface area contributed by atoms with E-state index in [0.717, 1.165) is 21.8 Å². The zero-order chi connectivity index (χ0) is 21.3. The van der Waals surface area contributed by atoms with E-state index in [0.29, 0.717) is 11.4 Å². The van der Waals surface area contributed by atoms with Crippen molar-refractivity contribution in [3.63, 3.8) is 0 Å². The molecule has 0 saturated carbocycles. The summed E-state index contributed by atoms with van der Waals surface area (Å²) in [5.74, 6) is -1.18. The van der Waals surface area contributed by atoms with E-state index in [1.807, 2.05) is 43.5 Å². The van der Waals surface area contributed by atoms with Gasteiger partial charge in [-0.3, -0.25) is 19.4 Å². The Morgan fingerprint density at radius 2 is 1.90 bits per heavy atom. The van der Waals surface area contributed by atoms with E-state index in [1.54, 1.807) is 30.0 Å². The van der Waals surface area contributed by atoms with Crippen LogP contribution in [0.2, 0.25) is 0 Å². The van der Waals surface area contributed by atoms with E-state index < -0.39 is 23.9 Å². The molecule has 0 aliphatic carbocycles. The number of aryl methyl sites for hydroxylation is 1. The Balaban J connectivity index is 1.46. The molecule has 2 aromatic rings. The van der Waals surface area contributed by atoms with Gasteiger partial charge in [0.1, 0.15) is 6.54 Å². The molecular weight excluding hydrogens is 402 g/mol. The number of imide groups is 1. The van der Waals surface area contributed by atoms with Crippen LogP contribution in [0.15, 0.2) is 63.8 Å². The Morgan fingerprint density at radius 3 is 2.60 bits per heavy atom. The summed E-state index contributed by atoms with van der Waals surface area (Å²) >= 11 is 1.57. The van der Waals surface area contributed by atoms with E-state index in [-0.39, 0.29) is 12.5 Å². The third-order valence-electron chi connectivity index (χ3n) is 5.12. The molecule has 2 atom stereocenters. The molecule has 4 rings (SSSR count). The summed E-state index contributed by atoms with van der Waals surface area (Å²) in [4.78, 5) is 40.4. The molecule has 0 radical (unpaired) electrons. The predicted molar refractivity (Wildman–Crippen MR) is 114 cm³/mol. The van der Waals surface area contributed by atoms with Crippen LogP contribution in [0.4, 0.5) is 11.4 Å². The van der Waals surface area contributed by atoms with Gasteiger partial charge in [0.05, 0.1) is 5.69 Å². The number of carbonyl (C=O) groups excluding carboxylic acids is 3. The molecule has 1 N–H and O–H groups in total. The van der Waals surface area contributed by atoms with E-state index in [2.05, 4.69) is 15.7 Å². The molecule has 2 aliphatic rings. The minimum Gasteiger partial charge on any atom is -0.324 e. The number of nitrogens with one attached hydrogen (secondary N) is 1. The average Bonchev–Trinajstić information content (AvgIpc) is 3.27. The molecule has 154 valence electrons. The van der Waals surface area contributed by atoms with Crippen LogP contribution in [0.25, 0.3) is 0 Å². The third-order valence-corrected chi connectivity index (χ3v) is 5.85. The first kappa shape index (κ1) is 20.1. The number of amides is 3. The van der Waals surface area contributed by atoms with Crippen molar-refractivity contribution in [3.8, 4) is 0 Å². The van der Waals surface area contributed by atoms with Crippen LogP contribution in [-0.4, -0.2) is 47.6 Å². The number of hydrogen-bond acceptors (Lipinski definition) is 7. The number of rotatable bonds is 6. The second-order valence-electron chi connectivity index (χ2n) is 7.00. The summed E-state index contributed by atoms with van der Waals surface area (Å²) in [7, 11) is 0. The van der Waals surface area contributed by atoms with Gasteiger partial charge in [-0.15, -0.1) is 11.8 Å². The van der Waals surface area contributed by atoms with Gasteiger partial charge in [-0.1, -0.05) is 30.3 Å². The van der Waals surface area contributed by atoms with E-state index >= 15 is 0 Å². The molecule has 2 aliphatic heterocycles. The third kappa shape index (κ3) is 3.68. The lowest BCUT2D eigenvalue weighted by Gasteiger charge is -2.20. The van der Waals surface area contributed by atoms with E-state index in [9.17, 15) is 14.4 Å². The van der Waals surface area contributed by atoms with Crippen molar-refractivity contribution in [2.24, 2.45) is 10.3 Å². The molecule has 30 heavy (non-hydrogen) atoms. The summed E-state index contributed by atoms with van der Waals surface area (Å²) < 4.78 is 0. The fourth-order valence-electron chi connectivity index (χ4n) is 3.54. The molecule has 1 fully saturated rings. The fraction of sp³-hybridized carbons (Fsp3) is 0.286. The first-order valence-electron chi connectivity index (χ1n) is 9.60. The molecule has 0 bridgehead atoms. The predicted octanol–water partition coefficient (Wildman–Crippen LogP) is 2.90. The lowest BCUT2D eigenvalue weighted by molar-refractivity contribution is -0.123. The van der Waals surface area contributed by atoms with E-state index in [4.69, 9.17) is 0 Å². The highest BCUT2D eigenvalue weighted by atomic mass is 32.2. The first-order chi connectivity index (χ1) is 14.5. The molecule has 9 heteroatoms. The van der Waals surface area contributed by atoms with Crippen LogP contribution in [0.3, 0.4) is 0 Å². The van der Waals surface area contributed by atoms with Crippen LogP contribution in [-0.2, 0) is 20.8 Å². The van der Waals surface area contributed by atoms with Gasteiger partial charge in [0.25, 0.3) is 11.8 Å². The van der Waals surface area contributed by atoms with Crippen LogP contribution in [0, 0.1) is 0 Å². The number of benzene rings is 2. The van der Waals surface area contributed by atoms with Gasteiger partial charge in [-0.2, -0.15) is 5.11 Å². The number of carbonyl (C=O) groups is 3. The SMILES string of the molecule is CCc1ccc(N2C(=O)[C@@H]3N=NN(CC(=O)Nc4cccc(SC)c4)[C@H]3C2=O)cc1. The molecular formula is C21H21N5O3S. The highest BCUT2D eigenvalue weighted by molar-refractivity contribution is 7.98. The number of nitrogens with zero attached hydrogens (tertiary/aromatic N) is 4. The van der Waals surface area contributed by atoms with Crippen LogP contribution >= 0.6 is 11.8 Å². The second kappa shape index (κ2) is 8.27. The maximum absolute atomic E-state index is 13.0. The molecule has 1 saturated heterocycles. The number of hydrogen-bond donors (Lipinski definition) is 1. The van der Waals surface area contributed by atoms with Gasteiger partial charge in [-0.05, 0) is 48.6 Å². The van der Waals surface area contributed by atoms with Gasteiger partial charge >= 0.3 is 0 Å². The van der Waals surface area contributed by atoms with Crippen molar-refractivity contribution in [1.82, 2.24) is 5.01 Å². The van der Waals surface area contributed by atoms with Gasteiger partial charge < -0.3 is 5.32 Å².